The van der Waals surface area contributed by atoms with E-state index in [0.29, 0.717) is 5.69 Å². The molecule has 0 saturated carbocycles. The highest BCUT2D eigenvalue weighted by molar-refractivity contribution is 9.10. The van der Waals surface area contributed by atoms with Crippen LogP contribution in [0.1, 0.15) is 0 Å². The molecule has 0 aliphatic carbocycles. The van der Waals surface area contributed by atoms with E-state index in [-0.39, 0.29) is 4.47 Å². The highest BCUT2D eigenvalue weighted by Crippen LogP contribution is 2.19. The first-order valence-corrected chi connectivity index (χ1v) is 4.47. The van der Waals surface area contributed by atoms with Crippen LogP contribution in [0.4, 0.5) is 10.1 Å². The molecule has 74 valence electrons. The molecule has 1 rings (SSSR count). The van der Waals surface area contributed by atoms with Crippen LogP contribution in [0.2, 0.25) is 0 Å². The third kappa shape index (κ3) is 2.88. The lowest BCUT2D eigenvalue weighted by Gasteiger charge is -2.03. The van der Waals surface area contributed by atoms with Gasteiger partial charge in [0.05, 0.1) is 4.47 Å². The Morgan fingerprint density at radius 1 is 1.57 bits per heavy atom. The molecule has 0 fully saturated rings. The van der Waals surface area contributed by atoms with Crippen LogP contribution in [0.15, 0.2) is 27.8 Å². The molecule has 1 N–H and O–H groups in total. The zero-order chi connectivity index (χ0) is 10.6. The first-order valence-electron chi connectivity index (χ1n) is 3.67. The Hall–Kier alpha value is -1.30. The van der Waals surface area contributed by atoms with Gasteiger partial charge in [-0.2, -0.15) is 4.91 Å². The van der Waals surface area contributed by atoms with Gasteiger partial charge in [0, 0.05) is 5.69 Å². The fraction of sp³-hybridized carbons (Fsp3) is 0.125. The fourth-order valence-corrected chi connectivity index (χ4v) is 1.21. The molecule has 0 spiro atoms. The van der Waals surface area contributed by atoms with E-state index in [1.807, 2.05) is 0 Å². The maximum atomic E-state index is 12.8. The number of hydrogen-bond acceptors (Lipinski definition) is 3. The van der Waals surface area contributed by atoms with E-state index in [1.165, 1.54) is 18.2 Å². The molecule has 0 unspecified atom stereocenters. The van der Waals surface area contributed by atoms with Crippen molar-refractivity contribution in [2.75, 3.05) is 11.9 Å². The number of nitrogens with zero attached hydrogens (tertiary/aromatic N) is 1. The lowest BCUT2D eigenvalue weighted by molar-refractivity contribution is -0.114. The quantitative estimate of drug-likeness (QED) is 0.848. The Bertz CT molecular complexity index is 370. The summed E-state index contributed by atoms with van der Waals surface area (Å²) in [7, 11) is 0. The second-order valence-electron chi connectivity index (χ2n) is 2.46. The zero-order valence-electron chi connectivity index (χ0n) is 6.96. The van der Waals surface area contributed by atoms with Crippen molar-refractivity contribution in [3.63, 3.8) is 0 Å². The van der Waals surface area contributed by atoms with Gasteiger partial charge in [-0.3, -0.25) is 4.79 Å². The third-order valence-corrected chi connectivity index (χ3v) is 2.02. The summed E-state index contributed by atoms with van der Waals surface area (Å²) >= 11 is 2.96. The molecular formula is C8H6BrFN2O2. The molecule has 0 aromatic heterocycles. The van der Waals surface area contributed by atoms with Crippen LogP contribution in [-0.2, 0) is 4.79 Å². The molecule has 0 aliphatic heterocycles. The van der Waals surface area contributed by atoms with Crippen LogP contribution in [0.25, 0.3) is 0 Å². The monoisotopic (exact) mass is 260 g/mol. The summed E-state index contributed by atoms with van der Waals surface area (Å²) in [5.74, 6) is -0.949. The number of rotatable bonds is 3. The minimum absolute atomic E-state index is 0.245. The second-order valence-corrected chi connectivity index (χ2v) is 3.32. The molecule has 0 saturated heterocycles. The van der Waals surface area contributed by atoms with Gasteiger partial charge in [0.2, 0.25) is 5.91 Å². The first-order chi connectivity index (χ1) is 6.63. The minimum Gasteiger partial charge on any atom is -0.324 e. The molecular weight excluding hydrogens is 255 g/mol. The van der Waals surface area contributed by atoms with Crippen LogP contribution in [-0.4, -0.2) is 12.5 Å². The standard InChI is InChI=1S/C8H6BrFN2O2/c9-6-3-5(1-2-7(6)10)12-8(13)4-11-14/h1-3H,4H2,(H,12,13). The first kappa shape index (κ1) is 10.8. The zero-order valence-corrected chi connectivity index (χ0v) is 8.54. The summed E-state index contributed by atoms with van der Waals surface area (Å²) in [6, 6.07) is 3.99. The van der Waals surface area contributed by atoms with Gasteiger partial charge >= 0.3 is 0 Å². The van der Waals surface area contributed by atoms with Crippen molar-refractivity contribution < 1.29 is 9.18 Å². The molecule has 14 heavy (non-hydrogen) atoms. The summed E-state index contributed by atoms with van der Waals surface area (Å²) in [6.07, 6.45) is 0. The number of hydrogen-bond donors (Lipinski definition) is 1. The van der Waals surface area contributed by atoms with Crippen molar-refractivity contribution >= 4 is 27.5 Å². The number of carbonyl (C=O) groups excluding carboxylic acids is 1. The predicted octanol–water partition coefficient (Wildman–Crippen LogP) is 2.29. The Labute approximate surface area is 87.6 Å². The molecule has 0 radical (unpaired) electrons. The van der Waals surface area contributed by atoms with Crippen molar-refractivity contribution in [2.24, 2.45) is 5.18 Å². The molecule has 0 aliphatic rings. The summed E-state index contributed by atoms with van der Waals surface area (Å²) in [5, 5.41) is 4.81. The summed E-state index contributed by atoms with van der Waals surface area (Å²) < 4.78 is 13.0. The lowest BCUT2D eigenvalue weighted by atomic mass is 10.3. The molecule has 1 aromatic rings. The molecule has 1 amide bonds. The van der Waals surface area contributed by atoms with Crippen LogP contribution in [0.5, 0.6) is 0 Å². The number of carbonyl (C=O) groups is 1. The third-order valence-electron chi connectivity index (χ3n) is 1.41. The Kier molecular flexibility index (Phi) is 3.70. The van der Waals surface area contributed by atoms with Gasteiger partial charge in [0.1, 0.15) is 5.82 Å². The summed E-state index contributed by atoms with van der Waals surface area (Å²) in [5.41, 5.74) is 0.409. The molecule has 0 bridgehead atoms. The predicted molar refractivity (Wildman–Crippen MR) is 53.4 cm³/mol. The van der Waals surface area contributed by atoms with E-state index in [0.717, 1.165) is 0 Å². The van der Waals surface area contributed by atoms with Crippen LogP contribution in [0.3, 0.4) is 0 Å². The van der Waals surface area contributed by atoms with Gasteiger partial charge in [-0.15, -0.1) is 0 Å². The van der Waals surface area contributed by atoms with Crippen LogP contribution >= 0.6 is 15.9 Å². The average molecular weight is 261 g/mol. The highest BCUT2D eigenvalue weighted by Gasteiger charge is 2.04. The van der Waals surface area contributed by atoms with Crippen LogP contribution in [0, 0.1) is 10.7 Å². The number of nitroso groups, excluding NO2 is 1. The van der Waals surface area contributed by atoms with Gasteiger partial charge in [-0.1, -0.05) is 5.18 Å². The molecule has 4 nitrogen and oxygen atoms in total. The maximum Gasteiger partial charge on any atom is 0.249 e. The summed E-state index contributed by atoms with van der Waals surface area (Å²) in [4.78, 5) is 20.6. The fourth-order valence-electron chi connectivity index (χ4n) is 0.833. The molecule has 1 aromatic carbocycles. The van der Waals surface area contributed by atoms with E-state index < -0.39 is 18.3 Å². The van der Waals surface area contributed by atoms with Crippen molar-refractivity contribution in [1.82, 2.24) is 0 Å². The van der Waals surface area contributed by atoms with Gasteiger partial charge in [-0.25, -0.2) is 4.39 Å². The number of anilines is 1. The number of amides is 1. The second kappa shape index (κ2) is 4.80. The van der Waals surface area contributed by atoms with Crippen molar-refractivity contribution in [2.45, 2.75) is 0 Å². The van der Waals surface area contributed by atoms with E-state index in [9.17, 15) is 14.1 Å². The van der Waals surface area contributed by atoms with Gasteiger partial charge in [-0.05, 0) is 34.1 Å². The van der Waals surface area contributed by atoms with Gasteiger partial charge < -0.3 is 5.32 Å². The molecule has 0 heterocycles. The van der Waals surface area contributed by atoms with Crippen LogP contribution < -0.4 is 5.32 Å². The Balaban J connectivity index is 2.72. The summed E-state index contributed by atoms with van der Waals surface area (Å²) in [6.45, 7) is -0.449. The number of halogens is 2. The molecule has 6 heteroatoms. The van der Waals surface area contributed by atoms with Crippen molar-refractivity contribution in [3.8, 4) is 0 Å². The Morgan fingerprint density at radius 2 is 2.29 bits per heavy atom. The van der Waals surface area contributed by atoms with E-state index in [2.05, 4.69) is 26.4 Å². The molecule has 0 atom stereocenters. The highest BCUT2D eigenvalue weighted by atomic mass is 79.9. The topological polar surface area (TPSA) is 58.5 Å². The number of nitrogens with one attached hydrogen (secondary N) is 1. The van der Waals surface area contributed by atoms with Gasteiger partial charge in [0.15, 0.2) is 6.54 Å². The average Bonchev–Trinajstić information content (AvgIpc) is 2.12. The Morgan fingerprint density at radius 3 is 2.86 bits per heavy atom. The largest absolute Gasteiger partial charge is 0.324 e. The smallest absolute Gasteiger partial charge is 0.249 e. The van der Waals surface area contributed by atoms with E-state index in [1.54, 1.807) is 0 Å². The maximum absolute atomic E-state index is 12.8. The normalized spacial score (nSPS) is 9.57. The van der Waals surface area contributed by atoms with E-state index >= 15 is 0 Å². The lowest BCUT2D eigenvalue weighted by Crippen LogP contribution is -2.14. The SMILES string of the molecule is O=NCC(=O)Nc1ccc(F)c(Br)c1. The van der Waals surface area contributed by atoms with Crippen molar-refractivity contribution in [1.29, 1.82) is 0 Å². The minimum atomic E-state index is -0.529. The van der Waals surface area contributed by atoms with Gasteiger partial charge in [0.25, 0.3) is 0 Å². The number of benzene rings is 1. The van der Waals surface area contributed by atoms with E-state index in [4.69, 9.17) is 0 Å². The van der Waals surface area contributed by atoms with Crippen molar-refractivity contribution in [3.05, 3.63) is 33.4 Å².